The summed E-state index contributed by atoms with van der Waals surface area (Å²) in [4.78, 5) is 4.49. The lowest BCUT2D eigenvalue weighted by Gasteiger charge is -2.57. The highest BCUT2D eigenvalue weighted by Crippen LogP contribution is 2.59. The van der Waals surface area contributed by atoms with Gasteiger partial charge in [-0.15, -0.1) is 0 Å². The highest BCUT2D eigenvalue weighted by Gasteiger charge is 2.52. The van der Waals surface area contributed by atoms with Crippen LogP contribution in [0.25, 0.3) is 0 Å². The quantitative estimate of drug-likeness (QED) is 0.914. The van der Waals surface area contributed by atoms with Crippen LogP contribution in [0.5, 0.6) is 0 Å². The van der Waals surface area contributed by atoms with Crippen LogP contribution in [0.4, 0.5) is 0 Å². The zero-order valence-corrected chi connectivity index (χ0v) is 13.5. The van der Waals surface area contributed by atoms with E-state index >= 15 is 0 Å². The van der Waals surface area contributed by atoms with Crippen molar-refractivity contribution in [3.63, 3.8) is 0 Å². The smallest absolute Gasteiger partial charge is 0.0953 e. The standard InChI is InChI=1S/C18H29N3/c1-12(2)3-16(19)17-10-20-11-21(17)18-7-13-4-14(8-18)6-15(5-13)9-18/h10-16H,3-9,19H2,1-2H3. The molecule has 4 aliphatic carbocycles. The molecule has 2 N–H and O–H groups in total. The van der Waals surface area contributed by atoms with E-state index in [1.54, 1.807) is 0 Å². The first-order chi connectivity index (χ1) is 10.1. The highest BCUT2D eigenvalue weighted by molar-refractivity contribution is 5.14. The van der Waals surface area contributed by atoms with E-state index in [-0.39, 0.29) is 6.04 Å². The Labute approximate surface area is 128 Å². The minimum atomic E-state index is 0.139. The molecule has 4 aliphatic rings. The monoisotopic (exact) mass is 287 g/mol. The molecule has 5 rings (SSSR count). The lowest BCUT2D eigenvalue weighted by atomic mass is 9.53. The van der Waals surface area contributed by atoms with Gasteiger partial charge in [-0.05, 0) is 68.6 Å². The molecule has 21 heavy (non-hydrogen) atoms. The Morgan fingerprint density at radius 3 is 2.29 bits per heavy atom. The maximum absolute atomic E-state index is 6.50. The first-order valence-corrected chi connectivity index (χ1v) is 8.84. The largest absolute Gasteiger partial charge is 0.327 e. The summed E-state index contributed by atoms with van der Waals surface area (Å²) in [6, 6.07) is 0.139. The predicted molar refractivity (Wildman–Crippen MR) is 84.8 cm³/mol. The fourth-order valence-electron chi connectivity index (χ4n) is 5.96. The van der Waals surface area contributed by atoms with Gasteiger partial charge >= 0.3 is 0 Å². The zero-order chi connectivity index (χ0) is 14.6. The van der Waals surface area contributed by atoms with Gasteiger partial charge in [0.1, 0.15) is 0 Å². The maximum Gasteiger partial charge on any atom is 0.0953 e. The number of hydrogen-bond donors (Lipinski definition) is 1. The number of hydrogen-bond acceptors (Lipinski definition) is 2. The molecule has 1 aromatic heterocycles. The Bertz CT molecular complexity index is 481. The van der Waals surface area contributed by atoms with E-state index < -0.39 is 0 Å². The van der Waals surface area contributed by atoms with Gasteiger partial charge in [-0.3, -0.25) is 0 Å². The molecule has 0 spiro atoms. The van der Waals surface area contributed by atoms with E-state index in [4.69, 9.17) is 5.73 Å². The van der Waals surface area contributed by atoms with Crippen molar-refractivity contribution in [3.05, 3.63) is 18.2 Å². The normalized spacial score (nSPS) is 39.1. The van der Waals surface area contributed by atoms with Gasteiger partial charge in [-0.25, -0.2) is 4.98 Å². The molecule has 3 nitrogen and oxygen atoms in total. The second-order valence-electron chi connectivity index (χ2n) is 8.57. The Balaban J connectivity index is 1.66. The summed E-state index contributed by atoms with van der Waals surface area (Å²) in [6.45, 7) is 4.51. The molecule has 0 amide bonds. The predicted octanol–water partition coefficient (Wildman–Crippen LogP) is 3.85. The van der Waals surface area contributed by atoms with E-state index in [0.717, 1.165) is 24.2 Å². The van der Waals surface area contributed by atoms with Crippen LogP contribution in [0.2, 0.25) is 0 Å². The van der Waals surface area contributed by atoms with E-state index in [2.05, 4.69) is 29.7 Å². The van der Waals surface area contributed by atoms with Gasteiger partial charge in [0.15, 0.2) is 0 Å². The summed E-state index contributed by atoms with van der Waals surface area (Å²) in [7, 11) is 0. The van der Waals surface area contributed by atoms with Crippen molar-refractivity contribution in [2.75, 3.05) is 0 Å². The van der Waals surface area contributed by atoms with E-state index in [0.29, 0.717) is 11.5 Å². The third-order valence-corrected chi connectivity index (χ3v) is 6.29. The van der Waals surface area contributed by atoms with Crippen molar-refractivity contribution in [3.8, 4) is 0 Å². The van der Waals surface area contributed by atoms with Gasteiger partial charge in [0.05, 0.1) is 12.0 Å². The summed E-state index contributed by atoms with van der Waals surface area (Å²) < 4.78 is 2.52. The van der Waals surface area contributed by atoms with Crippen LogP contribution in [-0.4, -0.2) is 9.55 Å². The van der Waals surface area contributed by atoms with Crippen molar-refractivity contribution in [1.82, 2.24) is 9.55 Å². The summed E-state index contributed by atoms with van der Waals surface area (Å²) in [5.41, 5.74) is 8.14. The van der Waals surface area contributed by atoms with Crippen LogP contribution < -0.4 is 5.73 Å². The molecule has 4 fully saturated rings. The first kappa shape index (κ1) is 13.8. The number of imidazole rings is 1. The number of nitrogens with two attached hydrogens (primary N) is 1. The number of rotatable bonds is 4. The molecule has 1 unspecified atom stereocenters. The van der Waals surface area contributed by atoms with Crippen LogP contribution >= 0.6 is 0 Å². The Morgan fingerprint density at radius 1 is 1.19 bits per heavy atom. The van der Waals surface area contributed by atoms with Crippen LogP contribution in [0.1, 0.15) is 70.5 Å². The Hall–Kier alpha value is -0.830. The molecule has 0 radical (unpaired) electrons. The molecule has 1 heterocycles. The molecule has 0 saturated heterocycles. The molecular formula is C18H29N3. The van der Waals surface area contributed by atoms with Gasteiger partial charge in [-0.1, -0.05) is 13.8 Å². The summed E-state index contributed by atoms with van der Waals surface area (Å²) >= 11 is 0. The van der Waals surface area contributed by atoms with Crippen molar-refractivity contribution in [1.29, 1.82) is 0 Å². The summed E-state index contributed by atoms with van der Waals surface area (Å²) in [5.74, 6) is 3.54. The topological polar surface area (TPSA) is 43.8 Å². The maximum atomic E-state index is 6.50. The van der Waals surface area contributed by atoms with Crippen molar-refractivity contribution in [2.24, 2.45) is 29.4 Å². The van der Waals surface area contributed by atoms with E-state index in [9.17, 15) is 0 Å². The average Bonchev–Trinajstić information content (AvgIpc) is 2.85. The minimum absolute atomic E-state index is 0.139. The lowest BCUT2D eigenvalue weighted by molar-refractivity contribution is -0.0448. The summed E-state index contributed by atoms with van der Waals surface area (Å²) in [6.07, 6.45) is 13.8. The number of aromatic nitrogens is 2. The third-order valence-electron chi connectivity index (χ3n) is 6.29. The number of nitrogens with zero attached hydrogens (tertiary/aromatic N) is 2. The summed E-state index contributed by atoms with van der Waals surface area (Å²) in [5, 5.41) is 0. The lowest BCUT2D eigenvalue weighted by Crippen LogP contribution is -2.52. The second-order valence-corrected chi connectivity index (χ2v) is 8.57. The van der Waals surface area contributed by atoms with Crippen LogP contribution in [0.15, 0.2) is 12.5 Å². The third kappa shape index (κ3) is 2.25. The van der Waals surface area contributed by atoms with Gasteiger partial charge in [0, 0.05) is 17.8 Å². The Morgan fingerprint density at radius 2 is 1.76 bits per heavy atom. The molecule has 1 atom stereocenters. The van der Waals surface area contributed by atoms with Gasteiger partial charge in [-0.2, -0.15) is 0 Å². The van der Waals surface area contributed by atoms with Gasteiger partial charge in [0.2, 0.25) is 0 Å². The second kappa shape index (κ2) is 4.84. The first-order valence-electron chi connectivity index (χ1n) is 8.84. The van der Waals surface area contributed by atoms with Crippen molar-refractivity contribution < 1.29 is 0 Å². The average molecular weight is 287 g/mol. The molecular weight excluding hydrogens is 258 g/mol. The molecule has 4 saturated carbocycles. The Kier molecular flexibility index (Phi) is 3.18. The molecule has 1 aromatic rings. The van der Waals surface area contributed by atoms with Crippen molar-refractivity contribution >= 4 is 0 Å². The molecule has 116 valence electrons. The van der Waals surface area contributed by atoms with E-state index in [1.165, 1.54) is 44.2 Å². The van der Waals surface area contributed by atoms with Gasteiger partial charge < -0.3 is 10.3 Å². The van der Waals surface area contributed by atoms with Crippen LogP contribution in [0.3, 0.4) is 0 Å². The van der Waals surface area contributed by atoms with Crippen LogP contribution in [-0.2, 0) is 5.54 Å². The highest BCUT2D eigenvalue weighted by atomic mass is 15.1. The zero-order valence-electron chi connectivity index (χ0n) is 13.5. The molecule has 4 bridgehead atoms. The molecule has 0 aromatic carbocycles. The van der Waals surface area contributed by atoms with Crippen molar-refractivity contribution in [2.45, 2.75) is 70.4 Å². The van der Waals surface area contributed by atoms with Gasteiger partial charge in [0.25, 0.3) is 0 Å². The minimum Gasteiger partial charge on any atom is -0.327 e. The SMILES string of the molecule is CC(C)CC(N)c1cncn1C12CC3CC(CC(C3)C1)C2. The fraction of sp³-hybridized carbons (Fsp3) is 0.833. The van der Waals surface area contributed by atoms with Crippen LogP contribution in [0, 0.1) is 23.7 Å². The van der Waals surface area contributed by atoms with E-state index in [1.807, 2.05) is 6.20 Å². The fourth-order valence-corrected chi connectivity index (χ4v) is 5.96. The molecule has 0 aliphatic heterocycles. The molecule has 3 heteroatoms.